The van der Waals surface area contributed by atoms with Crippen LogP contribution < -0.4 is 0 Å². The van der Waals surface area contributed by atoms with Crippen molar-refractivity contribution in [3.8, 4) is 0 Å². The van der Waals surface area contributed by atoms with E-state index >= 15 is 0 Å². The summed E-state index contributed by atoms with van der Waals surface area (Å²) in [4.78, 5) is 17.6. The van der Waals surface area contributed by atoms with Crippen molar-refractivity contribution in [1.29, 1.82) is 0 Å². The van der Waals surface area contributed by atoms with Gasteiger partial charge in [-0.25, -0.2) is 0 Å². The van der Waals surface area contributed by atoms with Crippen molar-refractivity contribution < 1.29 is 14.3 Å². The molecular formula is C20H30N2O3S. The largest absolute Gasteiger partial charge is 0.384 e. The number of amides is 1. The van der Waals surface area contributed by atoms with E-state index in [-0.39, 0.29) is 11.3 Å². The number of ether oxygens (including phenoxy) is 2. The van der Waals surface area contributed by atoms with Gasteiger partial charge < -0.3 is 19.3 Å². The van der Waals surface area contributed by atoms with E-state index in [1.54, 1.807) is 18.4 Å². The molecule has 0 unspecified atom stereocenters. The van der Waals surface area contributed by atoms with Crippen LogP contribution in [-0.4, -0.2) is 74.9 Å². The highest BCUT2D eigenvalue weighted by molar-refractivity contribution is 7.08. The summed E-state index contributed by atoms with van der Waals surface area (Å²) in [6, 6.07) is 2.63. The van der Waals surface area contributed by atoms with E-state index in [2.05, 4.69) is 9.80 Å². The molecule has 3 aliphatic heterocycles. The van der Waals surface area contributed by atoms with Gasteiger partial charge in [0.05, 0.1) is 12.2 Å². The molecule has 144 valence electrons. The Hall–Kier alpha value is -0.950. The predicted octanol–water partition coefficient (Wildman–Crippen LogP) is 2.73. The Bertz CT molecular complexity index is 592. The van der Waals surface area contributed by atoms with Gasteiger partial charge in [-0.05, 0) is 55.6 Å². The summed E-state index contributed by atoms with van der Waals surface area (Å²) in [6.45, 7) is 6.57. The smallest absolute Gasteiger partial charge is 0.254 e. The number of hydrogen-bond acceptors (Lipinski definition) is 5. The first-order valence-electron chi connectivity index (χ1n) is 9.84. The molecule has 0 bridgehead atoms. The van der Waals surface area contributed by atoms with Crippen LogP contribution in [0.5, 0.6) is 0 Å². The molecule has 0 radical (unpaired) electrons. The highest BCUT2D eigenvalue weighted by atomic mass is 32.1. The second-order valence-electron chi connectivity index (χ2n) is 8.09. The summed E-state index contributed by atoms with van der Waals surface area (Å²) >= 11 is 1.59. The van der Waals surface area contributed by atoms with E-state index in [0.29, 0.717) is 12.0 Å². The van der Waals surface area contributed by atoms with Crippen LogP contribution in [0, 0.1) is 11.3 Å². The number of thiophene rings is 1. The summed E-state index contributed by atoms with van der Waals surface area (Å²) in [5.41, 5.74) is 1.06. The Kier molecular flexibility index (Phi) is 5.64. The average Bonchev–Trinajstić information content (AvgIpc) is 3.33. The maximum absolute atomic E-state index is 12.9. The van der Waals surface area contributed by atoms with E-state index in [4.69, 9.17) is 9.47 Å². The minimum absolute atomic E-state index is 0.191. The predicted molar refractivity (Wildman–Crippen MR) is 103 cm³/mol. The summed E-state index contributed by atoms with van der Waals surface area (Å²) < 4.78 is 11.1. The SMILES string of the molecule is COC[C@@H]1CN(C(=O)c2ccsc2)CC12CCN(C1CCOCC1)CC2. The molecule has 26 heavy (non-hydrogen) atoms. The summed E-state index contributed by atoms with van der Waals surface area (Å²) in [6.07, 6.45) is 4.67. The van der Waals surface area contributed by atoms with Gasteiger partial charge in [0.1, 0.15) is 0 Å². The minimum atomic E-state index is 0.191. The van der Waals surface area contributed by atoms with Gasteiger partial charge in [-0.3, -0.25) is 4.79 Å². The lowest BCUT2D eigenvalue weighted by Gasteiger charge is -2.45. The summed E-state index contributed by atoms with van der Waals surface area (Å²) in [5.74, 6) is 0.642. The molecule has 5 nitrogen and oxygen atoms in total. The van der Waals surface area contributed by atoms with Crippen LogP contribution in [0.1, 0.15) is 36.0 Å². The Balaban J connectivity index is 1.43. The lowest BCUT2D eigenvalue weighted by Crippen LogP contribution is -2.50. The van der Waals surface area contributed by atoms with Gasteiger partial charge in [0.25, 0.3) is 5.91 Å². The highest BCUT2D eigenvalue weighted by Gasteiger charge is 2.49. The van der Waals surface area contributed by atoms with Crippen molar-refractivity contribution in [2.75, 3.05) is 53.1 Å². The summed E-state index contributed by atoms with van der Waals surface area (Å²) in [5, 5.41) is 3.95. The van der Waals surface area contributed by atoms with Crippen LogP contribution >= 0.6 is 11.3 Å². The van der Waals surface area contributed by atoms with E-state index in [1.807, 2.05) is 16.8 Å². The molecule has 1 atom stereocenters. The first-order chi connectivity index (χ1) is 12.7. The third-order valence-electron chi connectivity index (χ3n) is 6.74. The first kappa shape index (κ1) is 18.4. The molecule has 0 aliphatic carbocycles. The molecule has 0 aromatic carbocycles. The molecule has 1 aromatic heterocycles. The third kappa shape index (κ3) is 3.57. The Labute approximate surface area is 160 Å². The standard InChI is InChI=1S/C20H30N2O3S/c1-24-13-17-12-22(19(23)16-4-11-26-14-16)15-20(17)5-7-21(8-6-20)18-2-9-25-10-3-18/h4,11,14,17-18H,2-3,5-10,12-13,15H2,1H3/t17-/m0/s1. The number of nitrogens with zero attached hydrogens (tertiary/aromatic N) is 2. The molecular weight excluding hydrogens is 348 g/mol. The van der Waals surface area contributed by atoms with E-state index in [9.17, 15) is 4.79 Å². The fourth-order valence-corrected chi connectivity index (χ4v) is 5.77. The van der Waals surface area contributed by atoms with Crippen molar-refractivity contribution in [3.63, 3.8) is 0 Å². The Morgan fingerprint density at radius 3 is 2.77 bits per heavy atom. The van der Waals surface area contributed by atoms with Gasteiger partial charge in [0.2, 0.25) is 0 Å². The molecule has 3 fully saturated rings. The lowest BCUT2D eigenvalue weighted by atomic mass is 9.71. The molecule has 4 heterocycles. The molecule has 0 saturated carbocycles. The van der Waals surface area contributed by atoms with Crippen molar-refractivity contribution >= 4 is 17.2 Å². The number of piperidine rings is 1. The van der Waals surface area contributed by atoms with Gasteiger partial charge in [0, 0.05) is 50.8 Å². The quantitative estimate of drug-likeness (QED) is 0.808. The van der Waals surface area contributed by atoms with Gasteiger partial charge in [-0.15, -0.1) is 0 Å². The Morgan fingerprint density at radius 2 is 2.12 bits per heavy atom. The second kappa shape index (κ2) is 7.97. The topological polar surface area (TPSA) is 42.0 Å². The number of carbonyl (C=O) groups is 1. The van der Waals surface area contributed by atoms with Crippen LogP contribution in [0.2, 0.25) is 0 Å². The van der Waals surface area contributed by atoms with Crippen molar-refractivity contribution in [1.82, 2.24) is 9.80 Å². The van der Waals surface area contributed by atoms with Crippen LogP contribution in [-0.2, 0) is 9.47 Å². The molecule has 1 amide bonds. The first-order valence-corrected chi connectivity index (χ1v) is 10.8. The minimum Gasteiger partial charge on any atom is -0.384 e. The fourth-order valence-electron chi connectivity index (χ4n) is 5.14. The number of rotatable bonds is 4. The zero-order chi connectivity index (χ0) is 18.0. The van der Waals surface area contributed by atoms with Gasteiger partial charge >= 0.3 is 0 Å². The maximum atomic E-state index is 12.9. The van der Waals surface area contributed by atoms with E-state index in [0.717, 1.165) is 64.4 Å². The molecule has 3 aliphatic rings. The number of likely N-dealkylation sites (tertiary alicyclic amines) is 2. The zero-order valence-corrected chi connectivity index (χ0v) is 16.5. The van der Waals surface area contributed by atoms with Gasteiger partial charge in [-0.1, -0.05) is 0 Å². The number of hydrogen-bond donors (Lipinski definition) is 0. The van der Waals surface area contributed by atoms with E-state index in [1.165, 1.54) is 12.8 Å². The second-order valence-corrected chi connectivity index (χ2v) is 8.87. The van der Waals surface area contributed by atoms with Crippen LogP contribution in [0.25, 0.3) is 0 Å². The Morgan fingerprint density at radius 1 is 1.35 bits per heavy atom. The van der Waals surface area contributed by atoms with Crippen molar-refractivity contribution in [3.05, 3.63) is 22.4 Å². The normalized spacial score (nSPS) is 27.3. The van der Waals surface area contributed by atoms with Crippen LogP contribution in [0.4, 0.5) is 0 Å². The van der Waals surface area contributed by atoms with E-state index < -0.39 is 0 Å². The average molecular weight is 379 g/mol. The zero-order valence-electron chi connectivity index (χ0n) is 15.7. The molecule has 0 N–H and O–H groups in total. The molecule has 1 spiro atoms. The maximum Gasteiger partial charge on any atom is 0.254 e. The molecule has 4 rings (SSSR count). The lowest BCUT2D eigenvalue weighted by molar-refractivity contribution is -0.0108. The van der Waals surface area contributed by atoms with Crippen molar-refractivity contribution in [2.24, 2.45) is 11.3 Å². The molecule has 1 aromatic rings. The van der Waals surface area contributed by atoms with Gasteiger partial charge in [0.15, 0.2) is 0 Å². The summed E-state index contributed by atoms with van der Waals surface area (Å²) in [7, 11) is 1.79. The van der Waals surface area contributed by atoms with Crippen LogP contribution in [0.15, 0.2) is 16.8 Å². The van der Waals surface area contributed by atoms with Crippen molar-refractivity contribution in [2.45, 2.75) is 31.7 Å². The van der Waals surface area contributed by atoms with Gasteiger partial charge in [-0.2, -0.15) is 11.3 Å². The number of methoxy groups -OCH3 is 1. The highest BCUT2D eigenvalue weighted by Crippen LogP contribution is 2.45. The van der Waals surface area contributed by atoms with Crippen LogP contribution in [0.3, 0.4) is 0 Å². The third-order valence-corrected chi connectivity index (χ3v) is 7.42. The monoisotopic (exact) mass is 378 g/mol. The number of carbonyl (C=O) groups excluding carboxylic acids is 1. The fraction of sp³-hybridized carbons (Fsp3) is 0.750. The molecule has 6 heteroatoms. The molecule has 3 saturated heterocycles.